The maximum Gasteiger partial charge on any atom is 0.330 e. The molecule has 1 N–H and O–H groups in total. The summed E-state index contributed by atoms with van der Waals surface area (Å²) in [7, 11) is 0. The highest BCUT2D eigenvalue weighted by Gasteiger charge is 2.33. The lowest BCUT2D eigenvalue weighted by atomic mass is 9.96. The van der Waals surface area contributed by atoms with Gasteiger partial charge in [-0.15, -0.1) is 0 Å². The van der Waals surface area contributed by atoms with E-state index in [0.717, 1.165) is 30.8 Å². The first-order valence-corrected chi connectivity index (χ1v) is 9.03. The lowest BCUT2D eigenvalue weighted by Gasteiger charge is -2.34. The van der Waals surface area contributed by atoms with Gasteiger partial charge in [-0.25, -0.2) is 4.79 Å². The van der Waals surface area contributed by atoms with E-state index in [1.54, 1.807) is 35.0 Å². The predicted octanol–water partition coefficient (Wildman–Crippen LogP) is 1.70. The topological polar surface area (TPSA) is 76.6 Å². The Labute approximate surface area is 151 Å². The molecule has 4 rings (SSSR count). The van der Waals surface area contributed by atoms with Crippen LogP contribution >= 0.6 is 0 Å². The molecule has 138 valence electrons. The Bertz CT molecular complexity index is 833. The SMILES string of the molecule is Cc1c[nH]c(=O)n1-c1ccc(C(=O)N2CCCC(C3OCCO3)C2)cc1. The van der Waals surface area contributed by atoms with Crippen molar-refractivity contribution >= 4 is 5.91 Å². The highest BCUT2D eigenvalue weighted by Crippen LogP contribution is 2.26. The molecule has 0 saturated carbocycles. The van der Waals surface area contributed by atoms with Gasteiger partial charge >= 0.3 is 5.69 Å². The third kappa shape index (κ3) is 3.20. The van der Waals surface area contributed by atoms with Crippen LogP contribution in [0.15, 0.2) is 35.3 Å². The van der Waals surface area contributed by atoms with E-state index in [1.165, 1.54) is 0 Å². The average Bonchev–Trinajstić information content (AvgIpc) is 3.32. The summed E-state index contributed by atoms with van der Waals surface area (Å²) in [6.45, 7) is 4.53. The van der Waals surface area contributed by atoms with Gasteiger partial charge in [0.05, 0.1) is 18.9 Å². The summed E-state index contributed by atoms with van der Waals surface area (Å²) < 4.78 is 12.8. The Morgan fingerprint density at radius 2 is 1.92 bits per heavy atom. The number of rotatable bonds is 3. The molecule has 1 amide bonds. The molecule has 2 aliphatic rings. The van der Waals surface area contributed by atoms with Crippen molar-refractivity contribution in [2.24, 2.45) is 5.92 Å². The van der Waals surface area contributed by atoms with Crippen LogP contribution < -0.4 is 5.69 Å². The second-order valence-corrected chi connectivity index (χ2v) is 6.88. The van der Waals surface area contributed by atoms with Crippen LogP contribution in [0.4, 0.5) is 0 Å². The van der Waals surface area contributed by atoms with Crippen LogP contribution in [0.5, 0.6) is 0 Å². The molecule has 1 aromatic heterocycles. The van der Waals surface area contributed by atoms with Crippen LogP contribution in [0, 0.1) is 12.8 Å². The van der Waals surface area contributed by atoms with Crippen LogP contribution in [-0.4, -0.2) is 53.0 Å². The fourth-order valence-electron chi connectivity index (χ4n) is 3.78. The fourth-order valence-corrected chi connectivity index (χ4v) is 3.78. The van der Waals surface area contributed by atoms with E-state index in [0.29, 0.717) is 25.3 Å². The van der Waals surface area contributed by atoms with Crippen molar-refractivity contribution in [3.63, 3.8) is 0 Å². The lowest BCUT2D eigenvalue weighted by molar-refractivity contribution is -0.0969. The molecule has 0 bridgehead atoms. The van der Waals surface area contributed by atoms with Gasteiger partial charge in [0.1, 0.15) is 0 Å². The molecule has 7 heteroatoms. The largest absolute Gasteiger partial charge is 0.350 e. The summed E-state index contributed by atoms with van der Waals surface area (Å²) in [6.07, 6.45) is 3.46. The zero-order valence-electron chi connectivity index (χ0n) is 14.8. The number of carbonyl (C=O) groups excluding carboxylic acids is 1. The summed E-state index contributed by atoms with van der Waals surface area (Å²) in [5.41, 5.74) is 2.01. The number of aromatic nitrogens is 2. The molecule has 2 aromatic rings. The molecule has 2 fully saturated rings. The van der Waals surface area contributed by atoms with Gasteiger partial charge in [-0.1, -0.05) is 0 Å². The summed E-state index contributed by atoms with van der Waals surface area (Å²) >= 11 is 0. The molecule has 2 aliphatic heterocycles. The summed E-state index contributed by atoms with van der Waals surface area (Å²) in [5.74, 6) is 0.243. The summed E-state index contributed by atoms with van der Waals surface area (Å²) in [6, 6.07) is 7.17. The number of amides is 1. The monoisotopic (exact) mass is 357 g/mol. The van der Waals surface area contributed by atoms with E-state index in [2.05, 4.69) is 4.98 Å². The van der Waals surface area contributed by atoms with Crippen molar-refractivity contribution in [1.29, 1.82) is 0 Å². The molecule has 1 atom stereocenters. The Morgan fingerprint density at radius 1 is 1.19 bits per heavy atom. The molecular weight excluding hydrogens is 334 g/mol. The van der Waals surface area contributed by atoms with Gasteiger partial charge < -0.3 is 19.4 Å². The van der Waals surface area contributed by atoms with Gasteiger partial charge in [-0.2, -0.15) is 0 Å². The number of benzene rings is 1. The first-order valence-electron chi connectivity index (χ1n) is 9.03. The first kappa shape index (κ1) is 17.1. The third-order valence-electron chi connectivity index (χ3n) is 5.11. The van der Waals surface area contributed by atoms with Crippen molar-refractivity contribution in [1.82, 2.24) is 14.5 Å². The summed E-state index contributed by atoms with van der Waals surface area (Å²) in [4.78, 5) is 29.3. The van der Waals surface area contributed by atoms with Crippen LogP contribution in [0.3, 0.4) is 0 Å². The minimum atomic E-state index is -0.184. The Kier molecular flexibility index (Phi) is 4.65. The number of likely N-dealkylation sites (tertiary alicyclic amines) is 1. The van der Waals surface area contributed by atoms with Crippen molar-refractivity contribution in [2.75, 3.05) is 26.3 Å². The van der Waals surface area contributed by atoms with Gasteiger partial charge in [-0.05, 0) is 44.0 Å². The van der Waals surface area contributed by atoms with Crippen molar-refractivity contribution in [2.45, 2.75) is 26.1 Å². The number of H-pyrrole nitrogens is 1. The number of hydrogen-bond acceptors (Lipinski definition) is 4. The Balaban J connectivity index is 1.48. The fraction of sp³-hybridized carbons (Fsp3) is 0.474. The van der Waals surface area contributed by atoms with E-state index < -0.39 is 0 Å². The molecule has 26 heavy (non-hydrogen) atoms. The van der Waals surface area contributed by atoms with Crippen molar-refractivity contribution < 1.29 is 14.3 Å². The van der Waals surface area contributed by atoms with E-state index >= 15 is 0 Å². The molecule has 0 radical (unpaired) electrons. The summed E-state index contributed by atoms with van der Waals surface area (Å²) in [5, 5.41) is 0. The zero-order valence-corrected chi connectivity index (χ0v) is 14.8. The predicted molar refractivity (Wildman–Crippen MR) is 95.4 cm³/mol. The smallest absolute Gasteiger partial charge is 0.330 e. The maximum absolute atomic E-state index is 12.9. The number of piperidine rings is 1. The maximum atomic E-state index is 12.9. The van der Waals surface area contributed by atoms with Gasteiger partial charge in [0.2, 0.25) is 0 Å². The van der Waals surface area contributed by atoms with Crippen molar-refractivity contribution in [3.8, 4) is 5.69 Å². The standard InChI is InChI=1S/C19H23N3O4/c1-13-11-20-19(24)22(13)16-6-4-14(5-7-16)17(23)21-8-2-3-15(12-21)18-25-9-10-26-18/h4-7,11,15,18H,2-3,8-10,12H2,1H3,(H,20,24). The molecule has 0 spiro atoms. The highest BCUT2D eigenvalue weighted by molar-refractivity contribution is 5.94. The highest BCUT2D eigenvalue weighted by atomic mass is 16.7. The average molecular weight is 357 g/mol. The number of imidazole rings is 1. The van der Waals surface area contributed by atoms with Crippen LogP contribution in [0.25, 0.3) is 5.69 Å². The van der Waals surface area contributed by atoms with Crippen molar-refractivity contribution in [3.05, 3.63) is 52.2 Å². The third-order valence-corrected chi connectivity index (χ3v) is 5.11. The zero-order chi connectivity index (χ0) is 18.1. The molecule has 3 heterocycles. The first-order chi connectivity index (χ1) is 12.6. The van der Waals surface area contributed by atoms with Crippen LogP contribution in [0.2, 0.25) is 0 Å². The molecule has 7 nitrogen and oxygen atoms in total. The van der Waals surface area contributed by atoms with Gasteiger partial charge in [-0.3, -0.25) is 9.36 Å². The molecule has 1 unspecified atom stereocenters. The van der Waals surface area contributed by atoms with E-state index in [9.17, 15) is 9.59 Å². The number of nitrogens with zero attached hydrogens (tertiary/aromatic N) is 2. The molecule has 2 saturated heterocycles. The van der Waals surface area contributed by atoms with Crippen LogP contribution in [-0.2, 0) is 9.47 Å². The number of carbonyl (C=O) groups is 1. The quantitative estimate of drug-likeness (QED) is 0.907. The second-order valence-electron chi connectivity index (χ2n) is 6.88. The number of ether oxygens (including phenoxy) is 2. The minimum Gasteiger partial charge on any atom is -0.350 e. The Hall–Kier alpha value is -2.38. The number of aromatic amines is 1. The van der Waals surface area contributed by atoms with E-state index in [-0.39, 0.29) is 23.8 Å². The van der Waals surface area contributed by atoms with Gasteiger partial charge in [0.15, 0.2) is 6.29 Å². The number of hydrogen-bond donors (Lipinski definition) is 1. The van der Waals surface area contributed by atoms with Gasteiger partial charge in [0, 0.05) is 36.5 Å². The lowest BCUT2D eigenvalue weighted by Crippen LogP contribution is -2.43. The number of nitrogens with one attached hydrogen (secondary N) is 1. The van der Waals surface area contributed by atoms with E-state index in [4.69, 9.17) is 9.47 Å². The van der Waals surface area contributed by atoms with Gasteiger partial charge in [0.25, 0.3) is 5.91 Å². The molecule has 0 aliphatic carbocycles. The molecule has 1 aromatic carbocycles. The minimum absolute atomic E-state index is 0.0115. The van der Waals surface area contributed by atoms with E-state index in [1.807, 2.05) is 11.8 Å². The number of aryl methyl sites for hydroxylation is 1. The van der Waals surface area contributed by atoms with Crippen LogP contribution in [0.1, 0.15) is 28.9 Å². The normalized spacial score (nSPS) is 21.3. The Morgan fingerprint density at radius 3 is 2.58 bits per heavy atom. The second kappa shape index (κ2) is 7.09. The molecular formula is C19H23N3O4.